The van der Waals surface area contributed by atoms with E-state index in [1.165, 1.54) is 13.8 Å². The average Bonchev–Trinajstić information content (AvgIpc) is 2.73. The summed E-state index contributed by atoms with van der Waals surface area (Å²) in [6.45, 7) is -2.20. The zero-order valence-electron chi connectivity index (χ0n) is 24.5. The summed E-state index contributed by atoms with van der Waals surface area (Å²) in [5.74, 6) is -3.55. The molecule has 0 fully saturated rings. The number of nitrogens with zero attached hydrogens (tertiary/aromatic N) is 3. The van der Waals surface area contributed by atoms with Crippen LogP contribution in [0.15, 0.2) is 54.9 Å². The van der Waals surface area contributed by atoms with Gasteiger partial charge in [0.05, 0.1) is 0 Å². The van der Waals surface area contributed by atoms with E-state index in [2.05, 4.69) is 0 Å². The van der Waals surface area contributed by atoms with Gasteiger partial charge >= 0.3 is 0 Å². The third-order valence-electron chi connectivity index (χ3n) is 4.92. The van der Waals surface area contributed by atoms with Gasteiger partial charge in [-0.2, -0.15) is 13.7 Å². The predicted molar refractivity (Wildman–Crippen MR) is 109 cm³/mol. The van der Waals surface area contributed by atoms with Crippen molar-refractivity contribution in [3.8, 4) is 22.8 Å². The monoisotopic (exact) mass is 370 g/mol. The number of hydrogen-bond donors (Lipinski definition) is 0. The second-order valence-corrected chi connectivity index (χ2v) is 6.93. The van der Waals surface area contributed by atoms with Gasteiger partial charge in [0.1, 0.15) is 21.1 Å². The van der Waals surface area contributed by atoms with E-state index in [0.717, 1.165) is 22.8 Å². The van der Waals surface area contributed by atoms with Gasteiger partial charge in [0.15, 0.2) is 12.4 Å². The molecule has 0 amide bonds. The molecule has 0 saturated heterocycles. The summed E-state index contributed by atoms with van der Waals surface area (Å²) >= 11 is 0. The molecule has 2 unspecified atom stereocenters. The van der Waals surface area contributed by atoms with Crippen molar-refractivity contribution in [2.75, 3.05) is 0 Å². The first-order valence-corrected chi connectivity index (χ1v) is 8.90. The van der Waals surface area contributed by atoms with E-state index in [-0.39, 0.29) is 0 Å². The van der Waals surface area contributed by atoms with Crippen LogP contribution in [0.1, 0.15) is 61.4 Å². The summed E-state index contributed by atoms with van der Waals surface area (Å²) in [6.07, 6.45) is 3.50. The summed E-state index contributed by atoms with van der Waals surface area (Å²) in [7, 11) is 5.58. The minimum atomic E-state index is -2.49. The molecule has 0 aliphatic heterocycles. The number of pyridine rings is 3. The Hall–Kier alpha value is -2.55. The van der Waals surface area contributed by atoms with Gasteiger partial charge < -0.3 is 0 Å². The normalized spacial score (nSPS) is 21.1. The van der Waals surface area contributed by atoms with Gasteiger partial charge in [-0.05, 0) is 29.0 Å². The molecule has 0 saturated carbocycles. The Labute approximate surface area is 174 Å². The van der Waals surface area contributed by atoms with Crippen LogP contribution in [-0.2, 0) is 21.1 Å². The largest absolute Gasteiger partial charge is 0.277 e. The molecular formula is C24H32N3+3. The Morgan fingerprint density at radius 1 is 0.741 bits per heavy atom. The van der Waals surface area contributed by atoms with Gasteiger partial charge in [-0.15, -0.1) is 0 Å². The van der Waals surface area contributed by atoms with Gasteiger partial charge in [0.2, 0.25) is 0 Å². The van der Waals surface area contributed by atoms with Crippen LogP contribution < -0.4 is 13.7 Å². The minimum Gasteiger partial charge on any atom is -0.196 e. The van der Waals surface area contributed by atoms with Crippen molar-refractivity contribution in [3.05, 3.63) is 66.0 Å². The van der Waals surface area contributed by atoms with Crippen molar-refractivity contribution in [2.45, 2.75) is 39.3 Å². The molecule has 3 rings (SSSR count). The Balaban J connectivity index is 2.21. The van der Waals surface area contributed by atoms with Crippen LogP contribution in [0, 0.1) is 0 Å². The molecule has 0 aliphatic carbocycles. The molecule has 3 nitrogen and oxygen atoms in total. The zero-order valence-corrected chi connectivity index (χ0v) is 16.5. The van der Waals surface area contributed by atoms with E-state index < -0.39 is 25.5 Å². The Kier molecular flexibility index (Phi) is 3.19. The van der Waals surface area contributed by atoms with Gasteiger partial charge in [-0.3, -0.25) is 0 Å². The highest BCUT2D eigenvalue weighted by Crippen LogP contribution is 2.22. The quantitative estimate of drug-likeness (QED) is 0.620. The SMILES string of the molecule is [2H]C([2H])([2H])C([2H])(C)c1cc[n+](C)c(-c2cccc(-c3cc(C([2H])(C)C([2H])([2H])[2H])cc[n+]3C)[n+]2C)c1. The van der Waals surface area contributed by atoms with E-state index >= 15 is 0 Å². The third kappa shape index (κ3) is 3.78. The summed E-state index contributed by atoms with van der Waals surface area (Å²) in [6, 6.07) is 12.4. The number of aryl methyl sites for hydroxylation is 2. The standard InChI is InChI=1S/C24H32N3/c1-17(2)19-11-13-25(5)23(15-19)21-9-8-10-22(27(21)7)24-16-20(18(3)4)12-14-26(24)6/h8-18H,1-7H3/q+3/i1D3,3D3,17D,18D. The molecule has 3 aromatic rings. The average molecular weight is 371 g/mol. The first-order chi connectivity index (χ1) is 15.9. The summed E-state index contributed by atoms with van der Waals surface area (Å²) in [4.78, 5) is 0. The highest BCUT2D eigenvalue weighted by Gasteiger charge is 2.27. The lowest BCUT2D eigenvalue weighted by atomic mass is 10.0. The lowest BCUT2D eigenvalue weighted by molar-refractivity contribution is -0.697. The molecule has 3 heterocycles. The number of rotatable bonds is 4. The van der Waals surface area contributed by atoms with E-state index in [1.807, 2.05) is 53.0 Å². The highest BCUT2D eigenvalue weighted by molar-refractivity contribution is 5.54. The van der Waals surface area contributed by atoms with Crippen molar-refractivity contribution in [1.29, 1.82) is 0 Å². The second kappa shape index (κ2) is 7.59. The van der Waals surface area contributed by atoms with Crippen LogP contribution in [0.4, 0.5) is 0 Å². The lowest BCUT2D eigenvalue weighted by Gasteiger charge is -2.08. The molecular weight excluding hydrogens is 330 g/mol. The van der Waals surface area contributed by atoms with Crippen LogP contribution in [-0.4, -0.2) is 0 Å². The first-order valence-electron chi connectivity index (χ1n) is 12.9. The molecule has 3 heteroatoms. The van der Waals surface area contributed by atoms with Crippen molar-refractivity contribution in [3.63, 3.8) is 0 Å². The van der Waals surface area contributed by atoms with E-state index in [1.54, 1.807) is 36.7 Å². The van der Waals surface area contributed by atoms with Crippen LogP contribution in [0.3, 0.4) is 0 Å². The molecule has 0 radical (unpaired) electrons. The minimum absolute atomic E-state index is 0.381. The smallest absolute Gasteiger partial charge is 0.196 e. The fraction of sp³-hybridized carbons (Fsp3) is 0.375. The van der Waals surface area contributed by atoms with Crippen LogP contribution in [0.5, 0.6) is 0 Å². The maximum atomic E-state index is 8.49. The Morgan fingerprint density at radius 3 is 1.59 bits per heavy atom. The molecule has 2 atom stereocenters. The summed E-state index contributed by atoms with van der Waals surface area (Å²) < 4.78 is 69.5. The third-order valence-corrected chi connectivity index (χ3v) is 4.92. The maximum absolute atomic E-state index is 8.49. The zero-order chi connectivity index (χ0) is 26.6. The fourth-order valence-electron chi connectivity index (χ4n) is 3.21. The molecule has 27 heavy (non-hydrogen) atoms. The van der Waals surface area contributed by atoms with Gasteiger partial charge in [0, 0.05) is 47.4 Å². The van der Waals surface area contributed by atoms with Crippen LogP contribution in [0.25, 0.3) is 22.8 Å². The fourth-order valence-corrected chi connectivity index (χ4v) is 3.21. The Bertz CT molecular complexity index is 1170. The number of aromatic nitrogens is 3. The molecule has 3 aromatic heterocycles. The van der Waals surface area contributed by atoms with Crippen LogP contribution >= 0.6 is 0 Å². The second-order valence-electron chi connectivity index (χ2n) is 6.93. The predicted octanol–water partition coefficient (Wildman–Crippen LogP) is 3.74. The molecule has 0 aliphatic rings. The summed E-state index contributed by atoms with van der Waals surface area (Å²) in [5, 5.41) is 0. The van der Waals surface area contributed by atoms with Gasteiger partial charge in [0.25, 0.3) is 22.8 Å². The highest BCUT2D eigenvalue weighted by atomic mass is 15.0. The Morgan fingerprint density at radius 2 is 1.19 bits per heavy atom. The molecule has 0 spiro atoms. The van der Waals surface area contributed by atoms with E-state index in [9.17, 15) is 0 Å². The topological polar surface area (TPSA) is 11.6 Å². The van der Waals surface area contributed by atoms with Crippen molar-refractivity contribution in [2.24, 2.45) is 21.1 Å². The maximum Gasteiger partial charge on any atom is 0.277 e. The lowest BCUT2D eigenvalue weighted by Crippen LogP contribution is -2.42. The summed E-state index contributed by atoms with van der Waals surface area (Å²) in [5.41, 5.74) is 3.77. The van der Waals surface area contributed by atoms with Crippen molar-refractivity contribution < 1.29 is 24.7 Å². The molecule has 0 bridgehead atoms. The van der Waals surface area contributed by atoms with E-state index in [0.29, 0.717) is 11.1 Å². The molecule has 140 valence electrons. The van der Waals surface area contributed by atoms with Gasteiger partial charge in [-0.1, -0.05) is 27.6 Å². The van der Waals surface area contributed by atoms with Crippen molar-refractivity contribution >= 4 is 0 Å². The first kappa shape index (κ1) is 11.3. The van der Waals surface area contributed by atoms with Crippen LogP contribution in [0.2, 0.25) is 0 Å². The molecule has 0 aromatic carbocycles. The van der Waals surface area contributed by atoms with E-state index in [4.69, 9.17) is 11.0 Å². The van der Waals surface area contributed by atoms with Crippen molar-refractivity contribution in [1.82, 2.24) is 0 Å². The van der Waals surface area contributed by atoms with Gasteiger partial charge in [-0.25, -0.2) is 0 Å². The number of hydrogen-bond acceptors (Lipinski definition) is 0. The molecule has 0 N–H and O–H groups in total.